The predicted octanol–water partition coefficient (Wildman–Crippen LogP) is 6.91. The van der Waals surface area contributed by atoms with Crippen molar-refractivity contribution >= 4 is 29.5 Å². The van der Waals surface area contributed by atoms with Gasteiger partial charge in [0.05, 0.1) is 23.7 Å². The van der Waals surface area contributed by atoms with E-state index in [1.807, 2.05) is 0 Å². The van der Waals surface area contributed by atoms with Gasteiger partial charge < -0.3 is 25.4 Å². The third-order valence-corrected chi connectivity index (χ3v) is 8.65. The van der Waals surface area contributed by atoms with Crippen LogP contribution in [0.4, 0.5) is 26.7 Å². The van der Waals surface area contributed by atoms with E-state index < -0.39 is 47.6 Å². The smallest absolute Gasteiger partial charge is 0.461 e. The van der Waals surface area contributed by atoms with Gasteiger partial charge in [0.25, 0.3) is 0 Å². The highest BCUT2D eigenvalue weighted by Gasteiger charge is 2.45. The number of nitrogens with one attached hydrogen (secondary N) is 3. The van der Waals surface area contributed by atoms with Crippen molar-refractivity contribution in [3.05, 3.63) is 94.5 Å². The fraction of sp³-hybridized carbons (Fsp3) is 0.429. The third kappa shape index (κ3) is 10.3. The van der Waals surface area contributed by atoms with E-state index in [-0.39, 0.29) is 41.0 Å². The van der Waals surface area contributed by atoms with Crippen LogP contribution >= 0.6 is 11.6 Å². The maximum Gasteiger partial charge on any atom is 0.461 e. The standard InChI is InChI=1S/C35H38ClF5N4O5/c1-49-30(46)13-6-3-7-16-42-31(47)27-11-8-12-28(27)44-33(48)45-34(20-22-9-4-2-5-10-22,29-15-14-24(36)21-43-29)23-17-25(37)19-26(18-23)50-35(40,41)32(38)39/h2,4-5,9-10,14-15,17-19,21,27-28,32H,3,6-8,11-13,16,20H2,1H3,(H,42,47)(H2,44,45,48)/t27-,28+,34-/m0/s1. The SMILES string of the molecule is COC(=O)CCCCCNC(=O)[C@H]1CCC[C@H]1NC(=O)N[C@@](Cc1ccccc1)(c1cc(F)cc(OC(F)(F)C(F)F)c1)c1ccc(Cl)cn1. The molecule has 3 N–H and O–H groups in total. The molecule has 1 aliphatic carbocycles. The van der Waals surface area contributed by atoms with Crippen molar-refractivity contribution in [3.8, 4) is 5.75 Å². The van der Waals surface area contributed by atoms with E-state index in [0.717, 1.165) is 12.1 Å². The van der Waals surface area contributed by atoms with E-state index >= 15 is 4.39 Å². The first-order chi connectivity index (χ1) is 23.8. The van der Waals surface area contributed by atoms with Crippen LogP contribution in [-0.4, -0.2) is 55.1 Å². The van der Waals surface area contributed by atoms with Gasteiger partial charge in [-0.1, -0.05) is 54.8 Å². The Morgan fingerprint density at radius 2 is 1.78 bits per heavy atom. The van der Waals surface area contributed by atoms with Crippen molar-refractivity contribution in [1.29, 1.82) is 0 Å². The van der Waals surface area contributed by atoms with E-state index in [0.29, 0.717) is 56.7 Å². The first kappa shape index (κ1) is 38.3. The summed E-state index contributed by atoms with van der Waals surface area (Å²) in [5.74, 6) is -3.11. The van der Waals surface area contributed by atoms with Crippen LogP contribution in [0.3, 0.4) is 0 Å². The van der Waals surface area contributed by atoms with Crippen molar-refractivity contribution in [2.75, 3.05) is 13.7 Å². The second-order valence-electron chi connectivity index (χ2n) is 12.0. The highest BCUT2D eigenvalue weighted by molar-refractivity contribution is 6.30. The molecule has 3 amide bonds. The number of benzene rings is 2. The molecule has 1 fully saturated rings. The fourth-order valence-corrected chi connectivity index (χ4v) is 6.09. The lowest BCUT2D eigenvalue weighted by molar-refractivity contribution is -0.253. The van der Waals surface area contributed by atoms with Gasteiger partial charge in [-0.15, -0.1) is 0 Å². The molecule has 0 radical (unpaired) electrons. The summed E-state index contributed by atoms with van der Waals surface area (Å²) in [5, 5.41) is 8.83. The molecular weight excluding hydrogens is 687 g/mol. The number of nitrogens with zero attached hydrogens (tertiary/aromatic N) is 1. The molecule has 4 rings (SSSR count). The number of carbonyl (C=O) groups is 3. The second-order valence-corrected chi connectivity index (χ2v) is 12.4. The monoisotopic (exact) mass is 724 g/mol. The summed E-state index contributed by atoms with van der Waals surface area (Å²) in [6, 6.07) is 12.6. The number of urea groups is 1. The summed E-state index contributed by atoms with van der Waals surface area (Å²) in [7, 11) is 1.32. The molecule has 15 heteroatoms. The minimum Gasteiger partial charge on any atom is -0.469 e. The van der Waals surface area contributed by atoms with Crippen LogP contribution in [0.15, 0.2) is 66.9 Å². The van der Waals surface area contributed by atoms with Crippen LogP contribution in [0.1, 0.15) is 61.8 Å². The Labute approximate surface area is 291 Å². The molecule has 1 heterocycles. The maximum atomic E-state index is 15.1. The largest absolute Gasteiger partial charge is 0.469 e. The number of hydrogen-bond acceptors (Lipinski definition) is 6. The summed E-state index contributed by atoms with van der Waals surface area (Å²) in [4.78, 5) is 42.7. The molecular formula is C35H38ClF5N4O5. The van der Waals surface area contributed by atoms with Crippen LogP contribution in [0, 0.1) is 11.7 Å². The Morgan fingerprint density at radius 1 is 1.02 bits per heavy atom. The summed E-state index contributed by atoms with van der Waals surface area (Å²) in [6.07, 6.45) is -4.05. The molecule has 0 spiro atoms. The van der Waals surface area contributed by atoms with E-state index in [1.165, 1.54) is 25.4 Å². The lowest BCUT2D eigenvalue weighted by Gasteiger charge is -2.36. The summed E-state index contributed by atoms with van der Waals surface area (Å²) in [5.41, 5.74) is -1.21. The average molecular weight is 725 g/mol. The number of aromatic nitrogens is 1. The minimum absolute atomic E-state index is 0.103. The van der Waals surface area contributed by atoms with Crippen molar-refractivity contribution in [3.63, 3.8) is 0 Å². The zero-order valence-electron chi connectivity index (χ0n) is 27.2. The van der Waals surface area contributed by atoms with Crippen LogP contribution in [0.25, 0.3) is 0 Å². The zero-order chi connectivity index (χ0) is 36.3. The Bertz CT molecular complexity index is 1600. The molecule has 0 unspecified atom stereocenters. The Morgan fingerprint density at radius 3 is 2.46 bits per heavy atom. The first-order valence-electron chi connectivity index (χ1n) is 16.1. The molecule has 270 valence electrons. The number of halogens is 6. The number of rotatable bonds is 16. The van der Waals surface area contributed by atoms with Gasteiger partial charge in [0, 0.05) is 37.7 Å². The third-order valence-electron chi connectivity index (χ3n) is 8.43. The number of ether oxygens (including phenoxy) is 2. The van der Waals surface area contributed by atoms with Gasteiger partial charge in [-0.3, -0.25) is 14.6 Å². The molecule has 0 aliphatic heterocycles. The number of amides is 3. The number of unbranched alkanes of at least 4 members (excludes halogenated alkanes) is 2. The maximum absolute atomic E-state index is 15.1. The number of carbonyl (C=O) groups excluding carboxylic acids is 3. The topological polar surface area (TPSA) is 119 Å². The van der Waals surface area contributed by atoms with Gasteiger partial charge in [0.1, 0.15) is 17.1 Å². The molecule has 1 saturated carbocycles. The van der Waals surface area contributed by atoms with Gasteiger partial charge >= 0.3 is 24.5 Å². The van der Waals surface area contributed by atoms with Gasteiger partial charge in [-0.2, -0.15) is 17.6 Å². The quantitative estimate of drug-likeness (QED) is 0.0840. The number of esters is 1. The van der Waals surface area contributed by atoms with Crippen LogP contribution in [0.2, 0.25) is 5.02 Å². The van der Waals surface area contributed by atoms with Crippen LogP contribution in [0.5, 0.6) is 5.75 Å². The number of hydrogen-bond donors (Lipinski definition) is 3. The van der Waals surface area contributed by atoms with Gasteiger partial charge in [0.15, 0.2) is 0 Å². The second kappa shape index (κ2) is 17.5. The van der Waals surface area contributed by atoms with Crippen molar-refractivity contribution in [2.24, 2.45) is 5.92 Å². The van der Waals surface area contributed by atoms with Crippen molar-refractivity contribution in [2.45, 2.75) is 75.5 Å². The number of alkyl halides is 4. The Kier molecular flexibility index (Phi) is 13.4. The van der Waals surface area contributed by atoms with E-state index in [9.17, 15) is 31.9 Å². The van der Waals surface area contributed by atoms with Gasteiger partial charge in [0.2, 0.25) is 5.91 Å². The van der Waals surface area contributed by atoms with Crippen LogP contribution < -0.4 is 20.7 Å². The van der Waals surface area contributed by atoms with E-state index in [1.54, 1.807) is 30.3 Å². The number of methoxy groups -OCH3 is 1. The highest BCUT2D eigenvalue weighted by Crippen LogP contribution is 2.37. The van der Waals surface area contributed by atoms with Crippen molar-refractivity contribution < 1.29 is 45.8 Å². The molecule has 3 aromatic rings. The molecule has 1 aliphatic rings. The lowest BCUT2D eigenvalue weighted by atomic mass is 9.80. The molecule has 9 nitrogen and oxygen atoms in total. The summed E-state index contributed by atoms with van der Waals surface area (Å²) >= 11 is 6.11. The highest BCUT2D eigenvalue weighted by atomic mass is 35.5. The fourth-order valence-electron chi connectivity index (χ4n) is 5.98. The average Bonchev–Trinajstić information content (AvgIpc) is 3.54. The summed E-state index contributed by atoms with van der Waals surface area (Å²) in [6.45, 7) is 0.381. The molecule has 0 bridgehead atoms. The number of pyridine rings is 1. The molecule has 2 aromatic carbocycles. The lowest BCUT2D eigenvalue weighted by Crippen LogP contribution is -2.55. The zero-order valence-corrected chi connectivity index (χ0v) is 28.0. The van der Waals surface area contributed by atoms with Crippen LogP contribution in [-0.2, 0) is 26.3 Å². The predicted molar refractivity (Wildman–Crippen MR) is 174 cm³/mol. The molecule has 0 saturated heterocycles. The summed E-state index contributed by atoms with van der Waals surface area (Å²) < 4.78 is 78.0. The van der Waals surface area contributed by atoms with E-state index in [4.69, 9.17) is 11.6 Å². The first-order valence-corrected chi connectivity index (χ1v) is 16.5. The van der Waals surface area contributed by atoms with Crippen molar-refractivity contribution in [1.82, 2.24) is 20.9 Å². The Balaban J connectivity index is 1.62. The minimum atomic E-state index is -4.93. The molecule has 1 aromatic heterocycles. The Hall–Kier alpha value is -4.46. The molecule has 3 atom stereocenters. The van der Waals surface area contributed by atoms with E-state index in [2.05, 4.69) is 30.4 Å². The normalized spacial score (nSPS) is 17.1. The molecule has 50 heavy (non-hydrogen) atoms. The van der Waals surface area contributed by atoms with Gasteiger partial charge in [-0.05, 0) is 61.1 Å². The van der Waals surface area contributed by atoms with Gasteiger partial charge in [-0.25, -0.2) is 9.18 Å².